The summed E-state index contributed by atoms with van der Waals surface area (Å²) >= 11 is 2.46. The van der Waals surface area contributed by atoms with Gasteiger partial charge in [-0.15, -0.1) is 22.7 Å². The Morgan fingerprint density at radius 1 is 1.15 bits per heavy atom. The van der Waals surface area contributed by atoms with Crippen LogP contribution in [-0.2, 0) is 11.0 Å². The fraction of sp³-hybridized carbons (Fsp3) is 0.136. The summed E-state index contributed by atoms with van der Waals surface area (Å²) in [6.45, 7) is 1.22. The average molecular weight is 492 g/mol. The monoisotopic (exact) mass is 491 g/mol. The van der Waals surface area contributed by atoms with E-state index in [1.807, 2.05) is 17.5 Å². The first-order valence-corrected chi connectivity index (χ1v) is 11.2. The van der Waals surface area contributed by atoms with Crippen LogP contribution in [0.1, 0.15) is 22.2 Å². The molecular formula is C22H16F3N3O3S2. The number of alkyl halides is 3. The van der Waals surface area contributed by atoms with E-state index in [4.69, 9.17) is 5.73 Å². The molecule has 3 N–H and O–H groups in total. The molecule has 0 aliphatic rings. The highest BCUT2D eigenvalue weighted by atomic mass is 32.1. The molecule has 6 nitrogen and oxygen atoms in total. The Labute approximate surface area is 193 Å². The zero-order valence-electron chi connectivity index (χ0n) is 17.0. The Morgan fingerprint density at radius 2 is 1.91 bits per heavy atom. The summed E-state index contributed by atoms with van der Waals surface area (Å²) < 4.78 is 39.7. The number of hydrogen-bond donors (Lipinski definition) is 2. The van der Waals surface area contributed by atoms with Crippen molar-refractivity contribution in [1.82, 2.24) is 4.98 Å². The standard InChI is InChI=1S/C22H16F3N3O3S2/c1-11(21(30)31)28(13-5-2-4-12(10-13)22(23,24)25)20(29)18-17(26)14-7-8-15(27-19(14)33-18)16-6-3-9-32-16/h2-11H,26H2,1H3,(H,30,31). The normalized spacial score (nSPS) is 12.6. The van der Waals surface area contributed by atoms with Gasteiger partial charge in [-0.3, -0.25) is 9.69 Å². The van der Waals surface area contributed by atoms with Gasteiger partial charge >= 0.3 is 12.1 Å². The second kappa shape index (κ2) is 8.49. The molecule has 0 radical (unpaired) electrons. The van der Waals surface area contributed by atoms with Crippen LogP contribution in [0.15, 0.2) is 53.9 Å². The van der Waals surface area contributed by atoms with Gasteiger partial charge in [-0.25, -0.2) is 9.78 Å². The van der Waals surface area contributed by atoms with Gasteiger partial charge in [-0.05, 0) is 48.7 Å². The predicted molar refractivity (Wildman–Crippen MR) is 123 cm³/mol. The first kappa shape index (κ1) is 22.7. The van der Waals surface area contributed by atoms with Gasteiger partial charge < -0.3 is 10.8 Å². The van der Waals surface area contributed by atoms with E-state index < -0.39 is 29.7 Å². The first-order chi connectivity index (χ1) is 15.6. The number of carboxylic acid groups (broad SMARTS) is 1. The molecule has 0 spiro atoms. The third kappa shape index (κ3) is 4.29. The quantitative estimate of drug-likeness (QED) is 0.371. The average Bonchev–Trinajstić information content (AvgIpc) is 3.41. The number of amides is 1. The number of pyridine rings is 1. The van der Waals surface area contributed by atoms with Crippen molar-refractivity contribution in [2.24, 2.45) is 0 Å². The summed E-state index contributed by atoms with van der Waals surface area (Å²) in [6.07, 6.45) is -4.66. The summed E-state index contributed by atoms with van der Waals surface area (Å²) in [5, 5.41) is 11.9. The maximum Gasteiger partial charge on any atom is 0.416 e. The first-order valence-electron chi connectivity index (χ1n) is 9.54. The third-order valence-electron chi connectivity index (χ3n) is 4.98. The molecule has 11 heteroatoms. The molecule has 3 heterocycles. The zero-order chi connectivity index (χ0) is 23.9. The highest BCUT2D eigenvalue weighted by Crippen LogP contribution is 2.38. The number of anilines is 2. The number of carbonyl (C=O) groups is 2. The van der Waals surface area contributed by atoms with Crippen LogP contribution >= 0.6 is 22.7 Å². The van der Waals surface area contributed by atoms with Gasteiger partial charge in [-0.2, -0.15) is 13.2 Å². The van der Waals surface area contributed by atoms with Crippen LogP contribution in [0.4, 0.5) is 24.5 Å². The summed E-state index contributed by atoms with van der Waals surface area (Å²) in [7, 11) is 0. The van der Waals surface area contributed by atoms with Crippen molar-refractivity contribution in [1.29, 1.82) is 0 Å². The van der Waals surface area contributed by atoms with Crippen molar-refractivity contribution in [3.05, 3.63) is 64.4 Å². The number of carbonyl (C=O) groups excluding carboxylic acids is 1. The molecule has 33 heavy (non-hydrogen) atoms. The second-order valence-electron chi connectivity index (χ2n) is 7.11. The molecule has 0 saturated carbocycles. The van der Waals surface area contributed by atoms with E-state index >= 15 is 0 Å². The van der Waals surface area contributed by atoms with E-state index in [0.717, 1.165) is 39.3 Å². The molecule has 1 atom stereocenters. The number of benzene rings is 1. The topological polar surface area (TPSA) is 96.5 Å². The van der Waals surface area contributed by atoms with E-state index in [0.29, 0.717) is 15.9 Å². The van der Waals surface area contributed by atoms with Crippen molar-refractivity contribution in [2.75, 3.05) is 10.6 Å². The van der Waals surface area contributed by atoms with Gasteiger partial charge in [-0.1, -0.05) is 12.1 Å². The third-order valence-corrected chi connectivity index (χ3v) is 6.97. The van der Waals surface area contributed by atoms with Gasteiger partial charge in [0.05, 0.1) is 21.8 Å². The van der Waals surface area contributed by atoms with E-state index in [1.54, 1.807) is 12.1 Å². The van der Waals surface area contributed by atoms with Crippen LogP contribution in [-0.4, -0.2) is 28.0 Å². The molecule has 3 aromatic heterocycles. The van der Waals surface area contributed by atoms with E-state index in [9.17, 15) is 27.9 Å². The molecule has 0 bridgehead atoms. The molecule has 0 aliphatic heterocycles. The molecule has 1 unspecified atom stereocenters. The van der Waals surface area contributed by atoms with Gasteiger partial charge in [0.15, 0.2) is 0 Å². The van der Waals surface area contributed by atoms with Crippen LogP contribution in [0.3, 0.4) is 0 Å². The lowest BCUT2D eigenvalue weighted by atomic mass is 10.1. The van der Waals surface area contributed by atoms with Crippen LogP contribution < -0.4 is 10.6 Å². The minimum absolute atomic E-state index is 0.00587. The Kier molecular flexibility index (Phi) is 5.85. The van der Waals surface area contributed by atoms with Crippen molar-refractivity contribution in [3.8, 4) is 10.6 Å². The van der Waals surface area contributed by atoms with Crippen LogP contribution in [0.25, 0.3) is 20.8 Å². The van der Waals surface area contributed by atoms with Crippen molar-refractivity contribution in [3.63, 3.8) is 0 Å². The summed E-state index contributed by atoms with van der Waals surface area (Å²) in [5.74, 6) is -2.19. The minimum atomic E-state index is -4.66. The number of halogens is 3. The molecular weight excluding hydrogens is 475 g/mol. The molecule has 4 rings (SSSR count). The van der Waals surface area contributed by atoms with Crippen LogP contribution in [0.2, 0.25) is 0 Å². The van der Waals surface area contributed by atoms with Gasteiger partial charge in [0, 0.05) is 11.1 Å². The maximum atomic E-state index is 13.4. The summed E-state index contributed by atoms with van der Waals surface area (Å²) in [6, 6.07) is 9.77. The predicted octanol–water partition coefficient (Wildman–Crippen LogP) is 5.75. The van der Waals surface area contributed by atoms with Crippen molar-refractivity contribution < 1.29 is 27.9 Å². The molecule has 0 aliphatic carbocycles. The molecule has 0 fully saturated rings. The lowest BCUT2D eigenvalue weighted by molar-refractivity contribution is -0.138. The highest BCUT2D eigenvalue weighted by molar-refractivity contribution is 7.21. The van der Waals surface area contributed by atoms with Gasteiger partial charge in [0.1, 0.15) is 15.7 Å². The van der Waals surface area contributed by atoms with E-state index in [-0.39, 0.29) is 16.3 Å². The van der Waals surface area contributed by atoms with Gasteiger partial charge in [0.2, 0.25) is 0 Å². The lowest BCUT2D eigenvalue weighted by Crippen LogP contribution is -2.43. The Bertz CT molecular complexity index is 1350. The number of rotatable bonds is 5. The number of carboxylic acids is 1. The second-order valence-corrected chi connectivity index (χ2v) is 9.06. The Balaban J connectivity index is 1.81. The van der Waals surface area contributed by atoms with Gasteiger partial charge in [0.25, 0.3) is 5.91 Å². The number of aliphatic carboxylic acids is 1. The van der Waals surface area contributed by atoms with E-state index in [1.165, 1.54) is 24.3 Å². The smallest absolute Gasteiger partial charge is 0.416 e. The van der Waals surface area contributed by atoms with Crippen molar-refractivity contribution >= 4 is 56.1 Å². The molecule has 0 saturated heterocycles. The Hall–Kier alpha value is -3.44. The largest absolute Gasteiger partial charge is 0.480 e. The molecule has 1 amide bonds. The molecule has 170 valence electrons. The maximum absolute atomic E-state index is 13.4. The highest BCUT2D eigenvalue weighted by Gasteiger charge is 2.34. The molecule has 4 aromatic rings. The lowest BCUT2D eigenvalue weighted by Gasteiger charge is -2.27. The number of nitrogens with zero attached hydrogens (tertiary/aromatic N) is 2. The van der Waals surface area contributed by atoms with Crippen molar-refractivity contribution in [2.45, 2.75) is 19.1 Å². The number of thiophene rings is 2. The molecule has 1 aromatic carbocycles. The number of aromatic nitrogens is 1. The Morgan fingerprint density at radius 3 is 2.55 bits per heavy atom. The fourth-order valence-electron chi connectivity index (χ4n) is 3.29. The van der Waals surface area contributed by atoms with Crippen LogP contribution in [0, 0.1) is 0 Å². The zero-order valence-corrected chi connectivity index (χ0v) is 18.6. The number of nitrogen functional groups attached to an aromatic ring is 1. The number of nitrogens with two attached hydrogens (primary N) is 1. The minimum Gasteiger partial charge on any atom is -0.480 e. The SMILES string of the molecule is CC(C(=O)O)N(C(=O)c1sc2nc(-c3cccs3)ccc2c1N)c1cccc(C(F)(F)F)c1. The number of fused-ring (bicyclic) bond motifs is 1. The fourth-order valence-corrected chi connectivity index (χ4v) is 5.01. The van der Waals surface area contributed by atoms with Crippen LogP contribution in [0.5, 0.6) is 0 Å². The summed E-state index contributed by atoms with van der Waals surface area (Å²) in [4.78, 5) is 31.9. The number of hydrogen-bond acceptors (Lipinski definition) is 6. The summed E-state index contributed by atoms with van der Waals surface area (Å²) in [5.41, 5.74) is 5.78. The van der Waals surface area contributed by atoms with E-state index in [2.05, 4.69) is 4.98 Å².